The van der Waals surface area contributed by atoms with Crippen LogP contribution in [0.4, 0.5) is 0 Å². The molecule has 0 bridgehead atoms. The molecule has 0 radical (unpaired) electrons. The summed E-state index contributed by atoms with van der Waals surface area (Å²) >= 11 is 0. The topological polar surface area (TPSA) is 38.1 Å². The molecular formula is C14H24N2O. The molecule has 1 aliphatic carbocycles. The standard InChI is InChI=1S/C14H24N2O/c1-3-12-6-4-5-9-14(12,17)10-7-13-8-11-15-16(13)2/h8,11-12,17H,3-7,9-10H2,1-2H3. The lowest BCUT2D eigenvalue weighted by Crippen LogP contribution is -2.40. The van der Waals surface area contributed by atoms with Crippen LogP contribution in [0.15, 0.2) is 12.3 Å². The fourth-order valence-electron chi connectivity index (χ4n) is 3.20. The monoisotopic (exact) mass is 236 g/mol. The number of nitrogens with zero attached hydrogens (tertiary/aromatic N) is 2. The summed E-state index contributed by atoms with van der Waals surface area (Å²) in [4.78, 5) is 0. The molecule has 0 saturated heterocycles. The molecule has 1 heterocycles. The minimum absolute atomic E-state index is 0.433. The maximum Gasteiger partial charge on any atom is 0.0679 e. The van der Waals surface area contributed by atoms with Crippen molar-refractivity contribution in [1.29, 1.82) is 0 Å². The molecule has 1 N–H and O–H groups in total. The van der Waals surface area contributed by atoms with Crippen molar-refractivity contribution in [2.24, 2.45) is 13.0 Å². The van der Waals surface area contributed by atoms with Crippen molar-refractivity contribution in [2.45, 2.75) is 57.5 Å². The van der Waals surface area contributed by atoms with Crippen molar-refractivity contribution >= 4 is 0 Å². The highest BCUT2D eigenvalue weighted by molar-refractivity contribution is 5.02. The maximum absolute atomic E-state index is 10.8. The van der Waals surface area contributed by atoms with Gasteiger partial charge in [-0.05, 0) is 37.7 Å². The second-order valence-electron chi connectivity index (χ2n) is 5.40. The van der Waals surface area contributed by atoms with E-state index in [2.05, 4.69) is 12.0 Å². The van der Waals surface area contributed by atoms with Crippen LogP contribution in [0.5, 0.6) is 0 Å². The Labute approximate surface area is 104 Å². The zero-order chi connectivity index (χ0) is 12.3. The van der Waals surface area contributed by atoms with Crippen LogP contribution in [0.25, 0.3) is 0 Å². The molecule has 0 aromatic carbocycles. The van der Waals surface area contributed by atoms with Gasteiger partial charge in [-0.25, -0.2) is 0 Å². The largest absolute Gasteiger partial charge is 0.390 e. The summed E-state index contributed by atoms with van der Waals surface area (Å²) in [6.07, 6.45) is 9.38. The third kappa shape index (κ3) is 2.71. The Hall–Kier alpha value is -0.830. The molecule has 1 aromatic rings. The van der Waals surface area contributed by atoms with Crippen molar-refractivity contribution < 1.29 is 5.11 Å². The van der Waals surface area contributed by atoms with E-state index < -0.39 is 5.60 Å². The Kier molecular flexibility index (Phi) is 3.87. The lowest BCUT2D eigenvalue weighted by Gasteiger charge is -2.40. The van der Waals surface area contributed by atoms with Crippen molar-refractivity contribution in [3.05, 3.63) is 18.0 Å². The molecule has 1 saturated carbocycles. The van der Waals surface area contributed by atoms with Crippen LogP contribution in [0, 0.1) is 5.92 Å². The molecule has 0 amide bonds. The van der Waals surface area contributed by atoms with Gasteiger partial charge >= 0.3 is 0 Å². The highest BCUT2D eigenvalue weighted by Crippen LogP contribution is 2.38. The van der Waals surface area contributed by atoms with Gasteiger partial charge in [0.15, 0.2) is 0 Å². The first-order valence-corrected chi connectivity index (χ1v) is 6.85. The third-order valence-electron chi connectivity index (χ3n) is 4.40. The Bertz CT molecular complexity index is 361. The van der Waals surface area contributed by atoms with E-state index in [9.17, 15) is 5.11 Å². The molecule has 0 spiro atoms. The second-order valence-corrected chi connectivity index (χ2v) is 5.40. The molecular weight excluding hydrogens is 212 g/mol. The maximum atomic E-state index is 10.8. The number of aliphatic hydroxyl groups is 1. The predicted octanol–water partition coefficient (Wildman–Crippen LogP) is 2.68. The van der Waals surface area contributed by atoms with E-state index in [1.165, 1.54) is 25.0 Å². The molecule has 1 fully saturated rings. The van der Waals surface area contributed by atoms with Gasteiger partial charge in [0.1, 0.15) is 0 Å². The van der Waals surface area contributed by atoms with Crippen molar-refractivity contribution in [3.63, 3.8) is 0 Å². The van der Waals surface area contributed by atoms with Gasteiger partial charge < -0.3 is 5.11 Å². The molecule has 0 aliphatic heterocycles. The number of aryl methyl sites for hydroxylation is 2. The normalized spacial score (nSPS) is 29.5. The van der Waals surface area contributed by atoms with E-state index in [4.69, 9.17) is 0 Å². The molecule has 2 unspecified atom stereocenters. The van der Waals surface area contributed by atoms with Crippen LogP contribution in [-0.4, -0.2) is 20.5 Å². The van der Waals surface area contributed by atoms with Gasteiger partial charge in [-0.2, -0.15) is 5.10 Å². The van der Waals surface area contributed by atoms with E-state index in [1.54, 1.807) is 0 Å². The number of rotatable bonds is 4. The van der Waals surface area contributed by atoms with Crippen LogP contribution in [-0.2, 0) is 13.5 Å². The van der Waals surface area contributed by atoms with Crippen LogP contribution in [0.3, 0.4) is 0 Å². The fourth-order valence-corrected chi connectivity index (χ4v) is 3.20. The first-order chi connectivity index (χ1) is 8.15. The molecule has 1 aromatic heterocycles. The summed E-state index contributed by atoms with van der Waals surface area (Å²) in [5.74, 6) is 0.490. The van der Waals surface area contributed by atoms with Crippen LogP contribution in [0.1, 0.15) is 51.1 Å². The minimum Gasteiger partial charge on any atom is -0.390 e. The summed E-state index contributed by atoms with van der Waals surface area (Å²) in [5, 5.41) is 15.0. The summed E-state index contributed by atoms with van der Waals surface area (Å²) in [5.41, 5.74) is 0.788. The quantitative estimate of drug-likeness (QED) is 0.873. The summed E-state index contributed by atoms with van der Waals surface area (Å²) in [6.45, 7) is 2.20. The summed E-state index contributed by atoms with van der Waals surface area (Å²) < 4.78 is 1.91. The lowest BCUT2D eigenvalue weighted by molar-refractivity contribution is -0.0562. The van der Waals surface area contributed by atoms with Crippen molar-refractivity contribution in [1.82, 2.24) is 9.78 Å². The van der Waals surface area contributed by atoms with Gasteiger partial charge in [0.05, 0.1) is 5.60 Å². The summed E-state index contributed by atoms with van der Waals surface area (Å²) in [7, 11) is 1.97. The third-order valence-corrected chi connectivity index (χ3v) is 4.40. The van der Waals surface area contributed by atoms with Gasteiger partial charge in [-0.15, -0.1) is 0 Å². The lowest BCUT2D eigenvalue weighted by atomic mass is 9.71. The first kappa shape index (κ1) is 12.6. The SMILES string of the molecule is CCC1CCCCC1(O)CCc1ccnn1C. The molecule has 2 rings (SSSR count). The van der Waals surface area contributed by atoms with Gasteiger partial charge in [-0.1, -0.05) is 26.2 Å². The second kappa shape index (κ2) is 5.21. The average molecular weight is 236 g/mol. The molecule has 3 nitrogen and oxygen atoms in total. The number of hydrogen-bond acceptors (Lipinski definition) is 2. The Morgan fingerprint density at radius 1 is 1.53 bits per heavy atom. The number of aromatic nitrogens is 2. The van der Waals surface area contributed by atoms with Crippen LogP contribution in [0.2, 0.25) is 0 Å². The minimum atomic E-state index is -0.433. The molecule has 96 valence electrons. The van der Waals surface area contributed by atoms with Gasteiger partial charge in [0, 0.05) is 18.9 Å². The predicted molar refractivity (Wildman–Crippen MR) is 68.7 cm³/mol. The Morgan fingerprint density at radius 3 is 3.00 bits per heavy atom. The van der Waals surface area contributed by atoms with Crippen molar-refractivity contribution in [3.8, 4) is 0 Å². The van der Waals surface area contributed by atoms with Crippen molar-refractivity contribution in [2.75, 3.05) is 0 Å². The highest BCUT2D eigenvalue weighted by Gasteiger charge is 2.37. The van der Waals surface area contributed by atoms with E-state index in [0.717, 1.165) is 25.7 Å². The average Bonchev–Trinajstić information content (AvgIpc) is 2.73. The van der Waals surface area contributed by atoms with Crippen LogP contribution >= 0.6 is 0 Å². The fraction of sp³-hybridized carbons (Fsp3) is 0.786. The first-order valence-electron chi connectivity index (χ1n) is 6.85. The molecule has 1 aliphatic rings. The van der Waals surface area contributed by atoms with E-state index in [-0.39, 0.29) is 0 Å². The Balaban J connectivity index is 1.98. The Morgan fingerprint density at radius 2 is 2.35 bits per heavy atom. The summed E-state index contributed by atoms with van der Waals surface area (Å²) in [6, 6.07) is 2.05. The van der Waals surface area contributed by atoms with E-state index in [0.29, 0.717) is 5.92 Å². The van der Waals surface area contributed by atoms with E-state index >= 15 is 0 Å². The van der Waals surface area contributed by atoms with Gasteiger partial charge in [0.25, 0.3) is 0 Å². The molecule has 17 heavy (non-hydrogen) atoms. The smallest absolute Gasteiger partial charge is 0.0679 e. The number of hydrogen-bond donors (Lipinski definition) is 1. The van der Waals surface area contributed by atoms with Gasteiger partial charge in [-0.3, -0.25) is 4.68 Å². The molecule has 2 atom stereocenters. The zero-order valence-electron chi connectivity index (χ0n) is 11.0. The van der Waals surface area contributed by atoms with Crippen LogP contribution < -0.4 is 0 Å². The zero-order valence-corrected chi connectivity index (χ0v) is 11.0. The van der Waals surface area contributed by atoms with E-state index in [1.807, 2.05) is 24.0 Å². The van der Waals surface area contributed by atoms with Gasteiger partial charge in [0.2, 0.25) is 0 Å². The highest BCUT2D eigenvalue weighted by atomic mass is 16.3. The molecule has 3 heteroatoms.